The molecule has 214 valence electrons. The van der Waals surface area contributed by atoms with Gasteiger partial charge in [0.1, 0.15) is 12.1 Å². The van der Waals surface area contributed by atoms with Gasteiger partial charge in [-0.05, 0) is 66.2 Å². The predicted molar refractivity (Wildman–Crippen MR) is 107 cm³/mol. The summed E-state index contributed by atoms with van der Waals surface area (Å²) >= 11 is 0. The fourth-order valence-corrected chi connectivity index (χ4v) is 2.86. The van der Waals surface area contributed by atoms with Crippen molar-refractivity contribution in [2.24, 2.45) is 0 Å². The first-order valence-corrected chi connectivity index (χ1v) is 9.52. The van der Waals surface area contributed by atoms with Gasteiger partial charge in [-0.3, -0.25) is 9.59 Å². The Kier molecular flexibility index (Phi) is 22.6. The molecule has 2 fully saturated rings. The minimum Gasteiger partial charge on any atom is -0.480 e. The maximum Gasteiger partial charge on any atom is 0.471 e. The number of carboxylic acid groups (broad SMARTS) is 2. The molecular formula is C20H26F6N2Ni2O6. The SMILES string of the molecule is O=C(O)[C@@H]1CCCN1C(=O)C(F)(F)F.O=C(O)[C@@H]1CCCN1C(=O)C(F)(F)F.[CH2][CH][CH2].[CH2][CH][CH2].[Ni].[Ni]. The van der Waals surface area contributed by atoms with Crippen molar-refractivity contribution >= 4 is 23.8 Å². The molecule has 0 spiro atoms. The standard InChI is InChI=1S/2C7H8F3NO3.2C3H5.2Ni/c2*8-7(9,10)6(14)11-3-1-2-4(11)5(12)13;2*1-3-2;;/h2*4H,1-3H2,(H,12,13);2*3H,1-2H2;;/t2*4-;;;;/m00..../s1. The molecule has 16 heteroatoms. The number of carboxylic acids is 2. The van der Waals surface area contributed by atoms with Crippen LogP contribution >= 0.6 is 0 Å². The van der Waals surface area contributed by atoms with Gasteiger partial charge in [-0.1, -0.05) is 0 Å². The van der Waals surface area contributed by atoms with E-state index in [0.29, 0.717) is 22.6 Å². The second-order valence-corrected chi connectivity index (χ2v) is 6.56. The smallest absolute Gasteiger partial charge is 0.471 e. The Bertz CT molecular complexity index is 624. The Hall–Kier alpha value is -1.55. The van der Waals surface area contributed by atoms with Crippen molar-refractivity contribution in [3.63, 3.8) is 0 Å². The Balaban J connectivity index is -0.000000223. The average Bonchev–Trinajstić information content (AvgIpc) is 3.36. The zero-order valence-corrected chi connectivity index (χ0v) is 20.7. The average molecular weight is 622 g/mol. The minimum atomic E-state index is -4.99. The molecule has 0 saturated carbocycles. The molecule has 0 bridgehead atoms. The molecule has 0 aromatic carbocycles. The number of carbonyl (C=O) groups is 4. The number of halogens is 6. The van der Waals surface area contributed by atoms with E-state index in [2.05, 4.69) is 27.7 Å². The van der Waals surface area contributed by atoms with E-state index in [9.17, 15) is 45.5 Å². The van der Waals surface area contributed by atoms with Crippen LogP contribution < -0.4 is 0 Å². The summed E-state index contributed by atoms with van der Waals surface area (Å²) in [5.41, 5.74) is 0. The quantitative estimate of drug-likeness (QED) is 0.362. The third-order valence-corrected chi connectivity index (χ3v) is 4.08. The molecule has 2 rings (SSSR count). The van der Waals surface area contributed by atoms with Crippen molar-refractivity contribution in [3.8, 4) is 0 Å². The second-order valence-electron chi connectivity index (χ2n) is 6.56. The molecule has 36 heavy (non-hydrogen) atoms. The summed E-state index contributed by atoms with van der Waals surface area (Å²) in [5.74, 6) is -6.91. The van der Waals surface area contributed by atoms with Crippen molar-refractivity contribution in [2.75, 3.05) is 13.1 Å². The van der Waals surface area contributed by atoms with Crippen molar-refractivity contribution < 1.29 is 88.7 Å². The molecule has 2 aliphatic heterocycles. The van der Waals surface area contributed by atoms with Crippen LogP contribution in [-0.4, -0.2) is 81.3 Å². The molecule has 2 N–H and O–H groups in total. The Morgan fingerprint density at radius 1 is 0.667 bits per heavy atom. The molecular weight excluding hydrogens is 596 g/mol. The number of amides is 2. The minimum absolute atomic E-state index is 0. The molecule has 2 atom stereocenters. The number of carbonyl (C=O) groups excluding carboxylic acids is 2. The third kappa shape index (κ3) is 14.9. The number of alkyl halides is 6. The van der Waals surface area contributed by atoms with Crippen LogP contribution in [0.1, 0.15) is 25.7 Å². The zero-order valence-electron chi connectivity index (χ0n) is 18.7. The normalized spacial score (nSPS) is 18.5. The van der Waals surface area contributed by atoms with Crippen LogP contribution in [0.5, 0.6) is 0 Å². The third-order valence-electron chi connectivity index (χ3n) is 4.08. The molecule has 0 aromatic heterocycles. The van der Waals surface area contributed by atoms with Gasteiger partial charge in [-0.2, -0.15) is 26.3 Å². The first-order valence-electron chi connectivity index (χ1n) is 9.52. The van der Waals surface area contributed by atoms with Crippen LogP contribution in [0, 0.1) is 40.5 Å². The van der Waals surface area contributed by atoms with E-state index in [4.69, 9.17) is 10.2 Å². The molecule has 0 unspecified atom stereocenters. The largest absolute Gasteiger partial charge is 0.480 e. The predicted octanol–water partition coefficient (Wildman–Crippen LogP) is 2.96. The fraction of sp³-hybridized carbons (Fsp3) is 0.500. The van der Waals surface area contributed by atoms with Crippen LogP contribution in [0.2, 0.25) is 0 Å². The summed E-state index contributed by atoms with van der Waals surface area (Å²) in [6.45, 7) is 12.7. The summed E-state index contributed by atoms with van der Waals surface area (Å²) in [6, 6.07) is -2.66. The molecule has 2 amide bonds. The van der Waals surface area contributed by atoms with Crippen LogP contribution in [0.3, 0.4) is 0 Å². The fourth-order valence-electron chi connectivity index (χ4n) is 2.86. The Morgan fingerprint density at radius 2 is 0.889 bits per heavy atom. The monoisotopic (exact) mass is 620 g/mol. The zero-order chi connectivity index (χ0) is 27.3. The summed E-state index contributed by atoms with van der Waals surface area (Å²) in [5, 5.41) is 17.1. The molecule has 8 nitrogen and oxygen atoms in total. The van der Waals surface area contributed by atoms with Crippen LogP contribution in [0.4, 0.5) is 26.3 Å². The van der Waals surface area contributed by atoms with Gasteiger partial charge in [-0.25, -0.2) is 9.59 Å². The van der Waals surface area contributed by atoms with Gasteiger partial charge in [0, 0.05) is 46.1 Å². The maximum absolute atomic E-state index is 12.0. The Labute approximate surface area is 226 Å². The van der Waals surface area contributed by atoms with Gasteiger partial charge < -0.3 is 20.0 Å². The van der Waals surface area contributed by atoms with E-state index < -0.39 is 48.2 Å². The Morgan fingerprint density at radius 3 is 1.06 bits per heavy atom. The first-order chi connectivity index (χ1) is 15.5. The molecule has 0 aliphatic carbocycles. The van der Waals surface area contributed by atoms with Crippen LogP contribution in [0.15, 0.2) is 0 Å². The number of hydrogen-bond donors (Lipinski definition) is 2. The van der Waals surface area contributed by atoms with Gasteiger partial charge >= 0.3 is 36.1 Å². The van der Waals surface area contributed by atoms with E-state index in [1.807, 2.05) is 0 Å². The van der Waals surface area contributed by atoms with Gasteiger partial charge in [0.25, 0.3) is 0 Å². The number of hydrogen-bond acceptors (Lipinski definition) is 4. The summed E-state index contributed by atoms with van der Waals surface area (Å²) in [7, 11) is 0. The van der Waals surface area contributed by atoms with E-state index in [1.165, 1.54) is 12.8 Å². The molecule has 2 aliphatic rings. The number of rotatable bonds is 2. The molecule has 2 saturated heterocycles. The van der Waals surface area contributed by atoms with E-state index in [1.54, 1.807) is 0 Å². The number of aliphatic carboxylic acids is 2. The van der Waals surface area contributed by atoms with Crippen molar-refractivity contribution in [2.45, 2.75) is 50.1 Å². The van der Waals surface area contributed by atoms with Crippen LogP contribution in [0.25, 0.3) is 0 Å². The summed E-state index contributed by atoms with van der Waals surface area (Å²) < 4.78 is 71.7. The van der Waals surface area contributed by atoms with Gasteiger partial charge in [-0.15, -0.1) is 0 Å². The molecule has 2 heterocycles. The van der Waals surface area contributed by atoms with Gasteiger partial charge in [0.15, 0.2) is 0 Å². The van der Waals surface area contributed by atoms with E-state index in [0.717, 1.165) is 0 Å². The maximum atomic E-state index is 12.0. The van der Waals surface area contributed by atoms with Crippen molar-refractivity contribution in [1.82, 2.24) is 9.80 Å². The topological polar surface area (TPSA) is 115 Å². The van der Waals surface area contributed by atoms with Gasteiger partial charge in [0.2, 0.25) is 0 Å². The van der Waals surface area contributed by atoms with Crippen LogP contribution in [-0.2, 0) is 52.2 Å². The number of likely N-dealkylation sites (tertiary alicyclic amines) is 2. The van der Waals surface area contributed by atoms with Crippen molar-refractivity contribution in [1.29, 1.82) is 0 Å². The van der Waals surface area contributed by atoms with Gasteiger partial charge in [0.05, 0.1) is 0 Å². The first kappa shape index (κ1) is 41.6. The number of nitrogens with zero attached hydrogens (tertiary/aromatic N) is 2. The second kappa shape index (κ2) is 19.5. The summed E-state index contributed by atoms with van der Waals surface area (Å²) in [4.78, 5) is 43.1. The van der Waals surface area contributed by atoms with E-state index >= 15 is 0 Å². The van der Waals surface area contributed by atoms with Crippen molar-refractivity contribution in [3.05, 3.63) is 40.5 Å². The molecule has 6 radical (unpaired) electrons. The molecule has 0 aromatic rings. The summed E-state index contributed by atoms with van der Waals surface area (Å²) in [6.07, 6.45) is -6.23. The van der Waals surface area contributed by atoms with E-state index in [-0.39, 0.29) is 58.9 Å².